The molecule has 0 heterocycles. The standard InChI is InChI=1S/C5H12O2.C4H9NO.C4H8O2.C3H7NO.C3H8O2.C3H6O2.C3H6O.2C2H6O.6C2H6.5CH4/c1-5(7-3)4-6-2;1-3-4(6)5-2;1-3-4(5)6-2;1-3(5)4-2;1-5-3-2-4;1-3(4)5-2;1-3(2)4;2*1-3-2;6*1-2;;;;;/h5H,4H2,1-3H3;3H2,1-2H3,(H,5,6);3H2,1-2H3;1-2H3,(H,4,5);4H,2-3H2,1H3;1-2H3;1-2H3;2*1-2H3;6*1-2H3;5*1H4. The topological polar surface area (TPSA) is 194 Å². The molecule has 0 aliphatic heterocycles. The molecular formula is C46H124N2O13. The zero-order valence-corrected chi connectivity index (χ0v) is 43.0. The molecule has 0 fully saturated rings. The van der Waals surface area contributed by atoms with Gasteiger partial charge >= 0.3 is 11.9 Å². The Balaban J connectivity index is -0.0000000166. The maximum absolute atomic E-state index is 10.1. The van der Waals surface area contributed by atoms with Crippen LogP contribution in [0.15, 0.2) is 0 Å². The highest BCUT2D eigenvalue weighted by atomic mass is 16.5. The third kappa shape index (κ3) is 659. The molecule has 0 bridgehead atoms. The van der Waals surface area contributed by atoms with E-state index in [1.165, 1.54) is 41.9 Å². The van der Waals surface area contributed by atoms with Crippen LogP contribution in [0.25, 0.3) is 0 Å². The second-order valence-corrected chi connectivity index (χ2v) is 7.40. The number of carbonyl (C=O) groups is 5. The Bertz CT molecular complexity index is 510. The first-order chi connectivity index (χ1) is 26.4. The van der Waals surface area contributed by atoms with Gasteiger partial charge in [0.25, 0.3) is 0 Å². The summed E-state index contributed by atoms with van der Waals surface area (Å²) in [6, 6.07) is 0. The Hall–Kier alpha value is -2.69. The number of aliphatic hydroxyl groups excluding tert-OH is 1. The molecule has 61 heavy (non-hydrogen) atoms. The van der Waals surface area contributed by atoms with Crippen LogP contribution in [0, 0.1) is 0 Å². The number of hydrogen-bond acceptors (Lipinski definition) is 13. The predicted molar refractivity (Wildman–Crippen MR) is 275 cm³/mol. The fraction of sp³-hybridized carbons (Fsp3) is 0.891. The summed E-state index contributed by atoms with van der Waals surface area (Å²) in [4.78, 5) is 48.8. The largest absolute Gasteiger partial charge is 0.469 e. The number of methoxy groups -OCH3 is 7. The van der Waals surface area contributed by atoms with Gasteiger partial charge in [0.15, 0.2) is 0 Å². The van der Waals surface area contributed by atoms with Gasteiger partial charge in [0.1, 0.15) is 5.78 Å². The molecule has 0 aromatic heterocycles. The summed E-state index contributed by atoms with van der Waals surface area (Å²) < 4.78 is 30.9. The van der Waals surface area contributed by atoms with E-state index in [4.69, 9.17) is 14.6 Å². The van der Waals surface area contributed by atoms with Crippen LogP contribution in [0.5, 0.6) is 0 Å². The van der Waals surface area contributed by atoms with Crippen LogP contribution in [0.3, 0.4) is 0 Å². The molecule has 15 heteroatoms. The predicted octanol–water partition coefficient (Wildman–Crippen LogP) is 11.4. The van der Waals surface area contributed by atoms with Gasteiger partial charge in [-0.15, -0.1) is 0 Å². The molecule has 1 unspecified atom stereocenters. The van der Waals surface area contributed by atoms with Crippen molar-refractivity contribution in [3.8, 4) is 0 Å². The van der Waals surface area contributed by atoms with Gasteiger partial charge in [0.05, 0.1) is 40.1 Å². The molecule has 15 nitrogen and oxygen atoms in total. The average Bonchev–Trinajstić information content (AvgIpc) is 3.23. The van der Waals surface area contributed by atoms with Crippen molar-refractivity contribution < 1.29 is 62.2 Å². The Labute approximate surface area is 387 Å². The maximum Gasteiger partial charge on any atom is 0.305 e. The zero-order chi connectivity index (χ0) is 49.4. The molecule has 0 aliphatic rings. The molecule has 0 saturated carbocycles. The van der Waals surface area contributed by atoms with Crippen LogP contribution in [0.2, 0.25) is 0 Å². The van der Waals surface area contributed by atoms with Crippen molar-refractivity contribution in [1.82, 2.24) is 10.6 Å². The number of ketones is 1. The minimum Gasteiger partial charge on any atom is -0.469 e. The summed E-state index contributed by atoms with van der Waals surface area (Å²) in [5.74, 6) is -0.139. The molecule has 2 amide bonds. The maximum atomic E-state index is 10.1. The van der Waals surface area contributed by atoms with E-state index in [-0.39, 0.29) is 79.4 Å². The summed E-state index contributed by atoms with van der Waals surface area (Å²) in [7, 11) is 17.3. The highest BCUT2D eigenvalue weighted by molar-refractivity contribution is 5.75. The number of aliphatic hydroxyl groups is 1. The summed E-state index contributed by atoms with van der Waals surface area (Å²) in [6.07, 6.45) is 1.28. The first kappa shape index (κ1) is 130. The highest BCUT2D eigenvalue weighted by Crippen LogP contribution is 1.84. The molecule has 3 N–H and O–H groups in total. The number of Topliss-reactive ketones (excluding diaryl/α,β-unsaturated/α-hetero) is 1. The number of hydrogen-bond donors (Lipinski definition) is 3. The van der Waals surface area contributed by atoms with Gasteiger partial charge in [0.2, 0.25) is 11.8 Å². The van der Waals surface area contributed by atoms with Crippen molar-refractivity contribution in [3.63, 3.8) is 0 Å². The van der Waals surface area contributed by atoms with Crippen molar-refractivity contribution in [3.05, 3.63) is 0 Å². The van der Waals surface area contributed by atoms with Gasteiger partial charge < -0.3 is 53.7 Å². The molecular weight excluding hydrogens is 789 g/mol. The van der Waals surface area contributed by atoms with E-state index in [1.54, 1.807) is 70.8 Å². The lowest BCUT2D eigenvalue weighted by atomic mass is 10.4. The molecule has 396 valence electrons. The van der Waals surface area contributed by atoms with Gasteiger partial charge in [-0.05, 0) is 20.8 Å². The first-order valence-electron chi connectivity index (χ1n) is 19.3. The first-order valence-corrected chi connectivity index (χ1v) is 19.3. The van der Waals surface area contributed by atoms with Crippen LogP contribution in [-0.2, 0) is 57.1 Å². The van der Waals surface area contributed by atoms with Crippen molar-refractivity contribution in [1.29, 1.82) is 0 Å². The minimum absolute atomic E-state index is 0. The van der Waals surface area contributed by atoms with Crippen LogP contribution in [-0.4, -0.2) is 139 Å². The molecule has 0 aliphatic carbocycles. The fourth-order valence-electron chi connectivity index (χ4n) is 0.715. The second-order valence-electron chi connectivity index (χ2n) is 7.40. The van der Waals surface area contributed by atoms with Crippen molar-refractivity contribution in [2.75, 3.05) is 97.9 Å². The monoisotopic (exact) mass is 913 g/mol. The lowest BCUT2D eigenvalue weighted by Crippen LogP contribution is -2.15. The lowest BCUT2D eigenvalue weighted by Gasteiger charge is -2.05. The lowest BCUT2D eigenvalue weighted by molar-refractivity contribution is -0.140. The van der Waals surface area contributed by atoms with E-state index in [0.717, 1.165) is 0 Å². The normalized spacial score (nSPS) is 6.54. The smallest absolute Gasteiger partial charge is 0.305 e. The third-order valence-electron chi connectivity index (χ3n) is 2.85. The van der Waals surface area contributed by atoms with Crippen LogP contribution in [0.1, 0.15) is 182 Å². The van der Waals surface area contributed by atoms with E-state index in [0.29, 0.717) is 26.1 Å². The van der Waals surface area contributed by atoms with E-state index in [1.807, 2.05) is 96.9 Å². The number of nitrogens with one attached hydrogen (secondary N) is 2. The summed E-state index contributed by atoms with van der Waals surface area (Å²) in [5, 5.41) is 12.8. The van der Waals surface area contributed by atoms with Gasteiger partial charge in [-0.25, -0.2) is 0 Å². The zero-order valence-electron chi connectivity index (χ0n) is 43.0. The van der Waals surface area contributed by atoms with Crippen LogP contribution in [0.4, 0.5) is 0 Å². The summed E-state index contributed by atoms with van der Waals surface area (Å²) >= 11 is 0. The molecule has 0 aromatic carbocycles. The Morgan fingerprint density at radius 1 is 0.525 bits per heavy atom. The van der Waals surface area contributed by atoms with Crippen LogP contribution < -0.4 is 10.6 Å². The summed E-state index contributed by atoms with van der Waals surface area (Å²) in [5.41, 5.74) is 0. The van der Waals surface area contributed by atoms with Gasteiger partial charge in [0, 0.05) is 90.6 Å². The van der Waals surface area contributed by atoms with Crippen molar-refractivity contribution >= 4 is 29.5 Å². The van der Waals surface area contributed by atoms with E-state index < -0.39 is 0 Å². The Morgan fingerprint density at radius 2 is 0.770 bits per heavy atom. The molecule has 0 spiro atoms. The molecule has 0 aromatic rings. The Morgan fingerprint density at radius 3 is 0.787 bits per heavy atom. The number of ether oxygens (including phenoxy) is 7. The van der Waals surface area contributed by atoms with Gasteiger partial charge in [-0.3, -0.25) is 19.2 Å². The number of rotatable bonds is 7. The van der Waals surface area contributed by atoms with E-state index in [9.17, 15) is 24.0 Å². The highest BCUT2D eigenvalue weighted by Gasteiger charge is 1.93. The summed E-state index contributed by atoms with van der Waals surface area (Å²) in [6.45, 7) is 36.7. The Kier molecular flexibility index (Phi) is 453. The SMILES string of the molecule is C.C.C.C.C.CC.CC.CC.CC.CC.CC.CC(C)=O.CCC(=O)NC.CCC(=O)OC.CNC(C)=O.COC.COC.COC(C)=O.COCC(C)OC.COCCO. The second kappa shape index (κ2) is 212. The fourth-order valence-corrected chi connectivity index (χ4v) is 0.715. The van der Waals surface area contributed by atoms with Gasteiger partial charge in [-0.2, -0.15) is 0 Å². The van der Waals surface area contributed by atoms with E-state index in [2.05, 4.69) is 34.3 Å². The number of esters is 2. The number of amides is 2. The van der Waals surface area contributed by atoms with Crippen molar-refractivity contribution in [2.45, 2.75) is 188 Å². The van der Waals surface area contributed by atoms with Gasteiger partial charge in [-0.1, -0.05) is 134 Å². The quantitative estimate of drug-likeness (QED) is 0.204. The van der Waals surface area contributed by atoms with Crippen LogP contribution >= 0.6 is 0 Å². The molecule has 0 saturated heterocycles. The molecule has 0 radical (unpaired) electrons. The van der Waals surface area contributed by atoms with Crippen molar-refractivity contribution in [2.24, 2.45) is 0 Å². The average molecular weight is 913 g/mol. The minimum atomic E-state index is -0.245. The molecule has 0 rings (SSSR count). The third-order valence-corrected chi connectivity index (χ3v) is 2.85. The number of carbonyl (C=O) groups excluding carboxylic acids is 5. The van der Waals surface area contributed by atoms with E-state index >= 15 is 0 Å². The molecule has 1 atom stereocenters.